The topological polar surface area (TPSA) is 71.8 Å². The molecule has 6 nitrogen and oxygen atoms in total. The number of ether oxygens (including phenoxy) is 1. The molecular formula is C24H24N2O4. The maximum absolute atomic E-state index is 12.8. The molecule has 0 radical (unpaired) electrons. The first kappa shape index (κ1) is 19.8. The van der Waals surface area contributed by atoms with Gasteiger partial charge in [-0.15, -0.1) is 0 Å². The van der Waals surface area contributed by atoms with Crippen LogP contribution < -0.4 is 15.0 Å². The van der Waals surface area contributed by atoms with Crippen LogP contribution >= 0.6 is 0 Å². The van der Waals surface area contributed by atoms with E-state index in [0.29, 0.717) is 23.6 Å². The van der Waals surface area contributed by atoms with Crippen molar-refractivity contribution in [3.8, 4) is 5.75 Å². The van der Waals surface area contributed by atoms with E-state index in [1.807, 2.05) is 32.0 Å². The van der Waals surface area contributed by atoms with E-state index in [-0.39, 0.29) is 17.9 Å². The lowest BCUT2D eigenvalue weighted by molar-refractivity contribution is 0.0958. The average molecular weight is 404 g/mol. The van der Waals surface area contributed by atoms with Crippen molar-refractivity contribution < 1.29 is 18.7 Å². The van der Waals surface area contributed by atoms with E-state index >= 15 is 0 Å². The van der Waals surface area contributed by atoms with E-state index in [0.717, 1.165) is 29.8 Å². The first-order chi connectivity index (χ1) is 14.5. The number of rotatable bonds is 5. The molecule has 0 unspecified atom stereocenters. The third-order valence-corrected chi connectivity index (χ3v) is 4.93. The monoisotopic (exact) mass is 404 g/mol. The van der Waals surface area contributed by atoms with Crippen LogP contribution in [-0.4, -0.2) is 24.5 Å². The van der Waals surface area contributed by atoms with Gasteiger partial charge in [-0.1, -0.05) is 6.07 Å². The predicted octanol–water partition coefficient (Wildman–Crippen LogP) is 4.91. The smallest absolute Gasteiger partial charge is 0.293 e. The molecular weight excluding hydrogens is 380 g/mol. The molecule has 0 saturated heterocycles. The van der Waals surface area contributed by atoms with Crippen LogP contribution in [0.15, 0.2) is 65.3 Å². The fourth-order valence-corrected chi connectivity index (χ4v) is 3.56. The van der Waals surface area contributed by atoms with Crippen LogP contribution in [-0.2, 0) is 6.42 Å². The highest BCUT2D eigenvalue weighted by atomic mass is 16.5. The Hall–Kier alpha value is -3.54. The molecule has 0 bridgehead atoms. The number of fused-ring (bicyclic) bond motifs is 1. The van der Waals surface area contributed by atoms with Crippen LogP contribution in [0.4, 0.5) is 11.4 Å². The molecule has 154 valence electrons. The summed E-state index contributed by atoms with van der Waals surface area (Å²) >= 11 is 0. The maximum Gasteiger partial charge on any atom is 0.293 e. The Labute approximate surface area is 175 Å². The van der Waals surface area contributed by atoms with Gasteiger partial charge in [0.2, 0.25) is 0 Å². The lowest BCUT2D eigenvalue weighted by Gasteiger charge is -2.29. The molecule has 6 heteroatoms. The minimum atomic E-state index is -0.217. The van der Waals surface area contributed by atoms with Crippen molar-refractivity contribution in [1.82, 2.24) is 0 Å². The largest absolute Gasteiger partial charge is 0.491 e. The Bertz CT molecular complexity index is 1040. The summed E-state index contributed by atoms with van der Waals surface area (Å²) in [5.41, 5.74) is 3.06. The number of hydrogen-bond acceptors (Lipinski definition) is 4. The van der Waals surface area contributed by atoms with Gasteiger partial charge in [-0.25, -0.2) is 0 Å². The zero-order valence-corrected chi connectivity index (χ0v) is 17.1. The molecule has 0 spiro atoms. The summed E-state index contributed by atoms with van der Waals surface area (Å²) < 4.78 is 10.9. The fourth-order valence-electron chi connectivity index (χ4n) is 3.56. The van der Waals surface area contributed by atoms with E-state index in [9.17, 15) is 9.59 Å². The Morgan fingerprint density at radius 2 is 1.90 bits per heavy atom. The first-order valence-corrected chi connectivity index (χ1v) is 10.1. The average Bonchev–Trinajstić information content (AvgIpc) is 3.28. The van der Waals surface area contributed by atoms with Crippen molar-refractivity contribution in [3.05, 3.63) is 77.7 Å². The minimum Gasteiger partial charge on any atom is -0.491 e. The van der Waals surface area contributed by atoms with Crippen LogP contribution in [0.1, 0.15) is 46.7 Å². The van der Waals surface area contributed by atoms with E-state index in [2.05, 4.69) is 5.32 Å². The highest BCUT2D eigenvalue weighted by Gasteiger charge is 2.25. The predicted molar refractivity (Wildman–Crippen MR) is 115 cm³/mol. The van der Waals surface area contributed by atoms with E-state index in [4.69, 9.17) is 9.15 Å². The second kappa shape index (κ2) is 8.45. The number of anilines is 2. The summed E-state index contributed by atoms with van der Waals surface area (Å²) in [6.07, 6.45) is 3.34. The molecule has 1 aliphatic heterocycles. The number of carbonyl (C=O) groups excluding carboxylic acids is 2. The highest BCUT2D eigenvalue weighted by molar-refractivity contribution is 6.07. The van der Waals surface area contributed by atoms with Gasteiger partial charge in [0.15, 0.2) is 5.76 Å². The third-order valence-electron chi connectivity index (χ3n) is 4.93. The molecule has 0 atom stereocenters. The van der Waals surface area contributed by atoms with Gasteiger partial charge in [0, 0.05) is 23.5 Å². The Kier molecular flexibility index (Phi) is 5.57. The van der Waals surface area contributed by atoms with Gasteiger partial charge in [-0.05, 0) is 80.8 Å². The van der Waals surface area contributed by atoms with Crippen LogP contribution in [0.3, 0.4) is 0 Å². The molecule has 3 aromatic rings. The molecule has 0 aliphatic carbocycles. The van der Waals surface area contributed by atoms with Crippen molar-refractivity contribution in [2.24, 2.45) is 0 Å². The molecule has 4 rings (SSSR count). The van der Waals surface area contributed by atoms with Gasteiger partial charge in [-0.3, -0.25) is 9.59 Å². The number of benzene rings is 2. The number of nitrogens with one attached hydrogen (secondary N) is 1. The lowest BCUT2D eigenvalue weighted by atomic mass is 10.0. The van der Waals surface area contributed by atoms with Gasteiger partial charge >= 0.3 is 0 Å². The number of nitrogens with zero attached hydrogens (tertiary/aromatic N) is 1. The van der Waals surface area contributed by atoms with E-state index in [1.54, 1.807) is 41.3 Å². The minimum absolute atomic E-state index is 0.0759. The molecule has 2 aromatic carbocycles. The van der Waals surface area contributed by atoms with Crippen LogP contribution in [0.5, 0.6) is 5.75 Å². The van der Waals surface area contributed by atoms with Crippen molar-refractivity contribution in [3.63, 3.8) is 0 Å². The summed E-state index contributed by atoms with van der Waals surface area (Å²) in [5.74, 6) is 0.638. The summed E-state index contributed by atoms with van der Waals surface area (Å²) in [4.78, 5) is 27.2. The molecule has 30 heavy (non-hydrogen) atoms. The molecule has 0 fully saturated rings. The molecule has 1 aromatic heterocycles. The third kappa shape index (κ3) is 4.22. The van der Waals surface area contributed by atoms with Gasteiger partial charge < -0.3 is 19.4 Å². The van der Waals surface area contributed by atoms with E-state index < -0.39 is 0 Å². The standard InChI is InChI=1S/C24H24N2O4/c1-16(2)30-20-11-8-18(9-12-20)23(27)25-19-10-7-17-5-3-13-26(21(17)15-19)24(28)22-6-4-14-29-22/h4,6-12,14-16H,3,5,13H2,1-2H3,(H,25,27). The van der Waals surface area contributed by atoms with Crippen molar-refractivity contribution in [2.45, 2.75) is 32.8 Å². The summed E-state index contributed by atoms with van der Waals surface area (Å²) in [5, 5.41) is 2.92. The number of hydrogen-bond donors (Lipinski definition) is 1. The first-order valence-electron chi connectivity index (χ1n) is 10.1. The Morgan fingerprint density at radius 1 is 1.10 bits per heavy atom. The SMILES string of the molecule is CC(C)Oc1ccc(C(=O)Nc2ccc3c(c2)N(C(=O)c2ccco2)CCC3)cc1. The highest BCUT2D eigenvalue weighted by Crippen LogP contribution is 2.31. The fraction of sp³-hybridized carbons (Fsp3) is 0.250. The molecule has 2 amide bonds. The Balaban J connectivity index is 1.52. The molecule has 1 aliphatic rings. The number of carbonyl (C=O) groups is 2. The number of amides is 2. The summed E-state index contributed by atoms with van der Waals surface area (Å²) in [6.45, 7) is 4.52. The quantitative estimate of drug-likeness (QED) is 0.656. The second-order valence-electron chi connectivity index (χ2n) is 7.53. The zero-order valence-electron chi connectivity index (χ0n) is 17.1. The summed E-state index contributed by atoms with van der Waals surface area (Å²) in [7, 11) is 0. The molecule has 2 heterocycles. The van der Waals surface area contributed by atoms with Crippen molar-refractivity contribution in [1.29, 1.82) is 0 Å². The lowest BCUT2D eigenvalue weighted by Crippen LogP contribution is -2.35. The van der Waals surface area contributed by atoms with Crippen molar-refractivity contribution in [2.75, 3.05) is 16.8 Å². The maximum atomic E-state index is 12.8. The van der Waals surface area contributed by atoms with E-state index in [1.165, 1.54) is 6.26 Å². The van der Waals surface area contributed by atoms with Crippen LogP contribution in [0, 0.1) is 0 Å². The van der Waals surface area contributed by atoms with Gasteiger partial charge in [0.05, 0.1) is 12.4 Å². The second-order valence-corrected chi connectivity index (χ2v) is 7.53. The van der Waals surface area contributed by atoms with Gasteiger partial charge in [-0.2, -0.15) is 0 Å². The van der Waals surface area contributed by atoms with Crippen molar-refractivity contribution >= 4 is 23.2 Å². The van der Waals surface area contributed by atoms with Gasteiger partial charge in [0.25, 0.3) is 11.8 Å². The number of furan rings is 1. The number of aryl methyl sites for hydroxylation is 1. The zero-order chi connectivity index (χ0) is 21.1. The van der Waals surface area contributed by atoms with Gasteiger partial charge in [0.1, 0.15) is 5.75 Å². The Morgan fingerprint density at radius 3 is 2.60 bits per heavy atom. The normalized spacial score (nSPS) is 13.1. The van der Waals surface area contributed by atoms with Crippen LogP contribution in [0.25, 0.3) is 0 Å². The molecule has 0 saturated carbocycles. The summed E-state index contributed by atoms with van der Waals surface area (Å²) in [6, 6.07) is 16.1. The molecule has 1 N–H and O–H groups in total. The van der Waals surface area contributed by atoms with Crippen LogP contribution in [0.2, 0.25) is 0 Å².